The third-order valence-electron chi connectivity index (χ3n) is 6.05. The van der Waals surface area contributed by atoms with E-state index in [9.17, 15) is 19.8 Å². The van der Waals surface area contributed by atoms with E-state index >= 15 is 0 Å². The number of benzene rings is 2. The Morgan fingerprint density at radius 3 is 2.23 bits per heavy atom. The second-order valence-corrected chi connectivity index (χ2v) is 8.74. The van der Waals surface area contributed by atoms with Crippen molar-refractivity contribution in [2.24, 2.45) is 0 Å². The van der Waals surface area contributed by atoms with Gasteiger partial charge in [0.2, 0.25) is 0 Å². The molecule has 1 heterocycles. The molecule has 30 heavy (non-hydrogen) atoms. The maximum absolute atomic E-state index is 12.8. The highest BCUT2D eigenvalue weighted by Crippen LogP contribution is 2.49. The van der Waals surface area contributed by atoms with Crippen LogP contribution in [0.25, 0.3) is 0 Å². The molecule has 0 radical (unpaired) electrons. The third-order valence-corrected chi connectivity index (χ3v) is 6.05. The first-order chi connectivity index (χ1) is 14.0. The van der Waals surface area contributed by atoms with Crippen LogP contribution in [0.15, 0.2) is 54.6 Å². The molecule has 1 fully saturated rings. The summed E-state index contributed by atoms with van der Waals surface area (Å²) in [4.78, 5) is 27.2. The lowest BCUT2D eigenvalue weighted by Gasteiger charge is -2.61. The van der Waals surface area contributed by atoms with Gasteiger partial charge in [-0.1, -0.05) is 42.5 Å². The van der Waals surface area contributed by atoms with E-state index in [0.29, 0.717) is 16.7 Å². The summed E-state index contributed by atoms with van der Waals surface area (Å²) in [5, 5.41) is 24.6. The first-order valence-corrected chi connectivity index (χ1v) is 10.2. The van der Waals surface area contributed by atoms with Gasteiger partial charge in [0.1, 0.15) is 0 Å². The number of aliphatic hydroxyl groups is 2. The SMILES string of the molecule is CC(C)N1C(=O)C(O)(c2cccc(C(=O)N[C@H](C)[C@@H](O)c3ccccc3)c2)C1(C)C. The molecular formula is C24H30N2O4. The van der Waals surface area contributed by atoms with Gasteiger partial charge in [-0.2, -0.15) is 0 Å². The van der Waals surface area contributed by atoms with Gasteiger partial charge >= 0.3 is 0 Å². The summed E-state index contributed by atoms with van der Waals surface area (Å²) >= 11 is 0. The van der Waals surface area contributed by atoms with Crippen molar-refractivity contribution in [3.63, 3.8) is 0 Å². The van der Waals surface area contributed by atoms with Crippen LogP contribution in [0.5, 0.6) is 0 Å². The Bertz CT molecular complexity index is 941. The van der Waals surface area contributed by atoms with E-state index in [4.69, 9.17) is 0 Å². The Balaban J connectivity index is 1.80. The predicted molar refractivity (Wildman–Crippen MR) is 115 cm³/mol. The summed E-state index contributed by atoms with van der Waals surface area (Å²) < 4.78 is 0. The standard InChI is InChI=1S/C24H30N2O4/c1-15(2)26-22(29)24(30,23(26,4)5)19-13-9-12-18(14-19)21(28)25-16(3)20(27)17-10-7-6-8-11-17/h6-16,20,27,30H,1-5H3,(H,25,28)/t16-,20-,24?/m1/s1. The topological polar surface area (TPSA) is 89.9 Å². The molecule has 1 aliphatic heterocycles. The van der Waals surface area contributed by atoms with E-state index in [1.165, 1.54) is 0 Å². The first-order valence-electron chi connectivity index (χ1n) is 10.2. The van der Waals surface area contributed by atoms with Crippen molar-refractivity contribution in [1.29, 1.82) is 0 Å². The van der Waals surface area contributed by atoms with Crippen LogP contribution in [0.4, 0.5) is 0 Å². The zero-order chi connectivity index (χ0) is 22.3. The minimum Gasteiger partial charge on any atom is -0.386 e. The maximum atomic E-state index is 12.8. The second kappa shape index (κ2) is 7.85. The average molecular weight is 411 g/mol. The van der Waals surface area contributed by atoms with Crippen LogP contribution in [-0.4, -0.2) is 44.5 Å². The second-order valence-electron chi connectivity index (χ2n) is 8.74. The summed E-state index contributed by atoms with van der Waals surface area (Å²) in [5.41, 5.74) is -1.07. The lowest BCUT2D eigenvalue weighted by Crippen LogP contribution is -2.79. The zero-order valence-corrected chi connectivity index (χ0v) is 18.1. The van der Waals surface area contributed by atoms with Crippen LogP contribution in [0, 0.1) is 0 Å². The molecule has 1 aliphatic rings. The lowest BCUT2D eigenvalue weighted by molar-refractivity contribution is -0.221. The molecule has 2 amide bonds. The number of aliphatic hydroxyl groups excluding tert-OH is 1. The van der Waals surface area contributed by atoms with Gasteiger partial charge in [-0.15, -0.1) is 0 Å². The Kier molecular flexibility index (Phi) is 5.76. The van der Waals surface area contributed by atoms with Crippen LogP contribution in [-0.2, 0) is 10.4 Å². The summed E-state index contributed by atoms with van der Waals surface area (Å²) in [6.07, 6.45) is -0.853. The van der Waals surface area contributed by atoms with Gasteiger partial charge in [-0.3, -0.25) is 9.59 Å². The van der Waals surface area contributed by atoms with E-state index < -0.39 is 23.3 Å². The van der Waals surface area contributed by atoms with Crippen LogP contribution in [0.2, 0.25) is 0 Å². The fraction of sp³-hybridized carbons (Fsp3) is 0.417. The van der Waals surface area contributed by atoms with E-state index in [1.807, 2.05) is 45.9 Å². The molecule has 0 aliphatic carbocycles. The summed E-state index contributed by atoms with van der Waals surface area (Å²) in [7, 11) is 0. The number of nitrogens with zero attached hydrogens (tertiary/aromatic N) is 1. The van der Waals surface area contributed by atoms with Crippen molar-refractivity contribution in [3.05, 3.63) is 71.3 Å². The number of nitrogens with one attached hydrogen (secondary N) is 1. The summed E-state index contributed by atoms with van der Waals surface area (Å²) in [6, 6.07) is 15.0. The molecule has 3 atom stereocenters. The predicted octanol–water partition coefficient (Wildman–Crippen LogP) is 2.76. The quantitative estimate of drug-likeness (QED) is 0.639. The molecule has 6 heteroatoms. The number of likely N-dealkylation sites (tertiary alicyclic amines) is 1. The van der Waals surface area contributed by atoms with Crippen LogP contribution in [0.3, 0.4) is 0 Å². The molecule has 2 aromatic rings. The number of hydrogen-bond donors (Lipinski definition) is 3. The summed E-state index contributed by atoms with van der Waals surface area (Å²) in [5.74, 6) is -0.749. The fourth-order valence-corrected chi connectivity index (χ4v) is 4.36. The highest BCUT2D eigenvalue weighted by Gasteiger charge is 2.67. The molecule has 0 bridgehead atoms. The highest BCUT2D eigenvalue weighted by atomic mass is 16.3. The van der Waals surface area contributed by atoms with Gasteiger partial charge < -0.3 is 20.4 Å². The normalized spacial score (nSPS) is 22.4. The molecule has 160 valence electrons. The minimum atomic E-state index is -1.69. The maximum Gasteiger partial charge on any atom is 0.262 e. The molecule has 1 saturated heterocycles. The molecule has 3 N–H and O–H groups in total. The Hall–Kier alpha value is -2.70. The number of β-lactam (4-membered cyclic amide) rings is 1. The molecule has 3 rings (SSSR count). The fourth-order valence-electron chi connectivity index (χ4n) is 4.36. The molecular weight excluding hydrogens is 380 g/mol. The summed E-state index contributed by atoms with van der Waals surface area (Å²) in [6.45, 7) is 9.18. The minimum absolute atomic E-state index is 0.0421. The average Bonchev–Trinajstić information content (AvgIpc) is 2.72. The van der Waals surface area contributed by atoms with Crippen molar-refractivity contribution < 1.29 is 19.8 Å². The smallest absolute Gasteiger partial charge is 0.262 e. The lowest BCUT2D eigenvalue weighted by atomic mass is 9.66. The van der Waals surface area contributed by atoms with E-state index in [-0.39, 0.29) is 17.9 Å². The monoisotopic (exact) mass is 410 g/mol. The highest BCUT2D eigenvalue weighted by molar-refractivity contribution is 5.98. The molecule has 0 aromatic heterocycles. The van der Waals surface area contributed by atoms with Crippen LogP contribution >= 0.6 is 0 Å². The van der Waals surface area contributed by atoms with Crippen molar-refractivity contribution in [2.75, 3.05) is 0 Å². The molecule has 1 unspecified atom stereocenters. The van der Waals surface area contributed by atoms with Gasteiger partial charge in [0, 0.05) is 11.6 Å². The Morgan fingerprint density at radius 1 is 1.03 bits per heavy atom. The van der Waals surface area contributed by atoms with Crippen molar-refractivity contribution in [1.82, 2.24) is 10.2 Å². The first kappa shape index (κ1) is 22.0. The number of rotatable bonds is 6. The largest absolute Gasteiger partial charge is 0.386 e. The van der Waals surface area contributed by atoms with E-state index in [1.54, 1.807) is 48.2 Å². The number of hydrogen-bond acceptors (Lipinski definition) is 4. The van der Waals surface area contributed by atoms with Gasteiger partial charge in [0.15, 0.2) is 5.60 Å². The number of carbonyl (C=O) groups excluding carboxylic acids is 2. The van der Waals surface area contributed by atoms with Crippen molar-refractivity contribution in [2.45, 2.75) is 63.9 Å². The Labute approximate surface area is 177 Å². The van der Waals surface area contributed by atoms with Crippen LogP contribution in [0.1, 0.15) is 62.2 Å². The zero-order valence-electron chi connectivity index (χ0n) is 18.1. The molecule has 0 saturated carbocycles. The van der Waals surface area contributed by atoms with Crippen molar-refractivity contribution >= 4 is 11.8 Å². The molecule has 2 aromatic carbocycles. The number of carbonyl (C=O) groups is 2. The van der Waals surface area contributed by atoms with Crippen LogP contribution < -0.4 is 5.32 Å². The van der Waals surface area contributed by atoms with Gasteiger partial charge in [0.25, 0.3) is 11.8 Å². The van der Waals surface area contributed by atoms with Crippen molar-refractivity contribution in [3.8, 4) is 0 Å². The van der Waals surface area contributed by atoms with E-state index in [2.05, 4.69) is 5.32 Å². The van der Waals surface area contributed by atoms with Gasteiger partial charge in [-0.05, 0) is 57.9 Å². The number of amides is 2. The van der Waals surface area contributed by atoms with Gasteiger partial charge in [0.05, 0.1) is 17.7 Å². The Morgan fingerprint density at radius 2 is 1.67 bits per heavy atom. The molecule has 0 spiro atoms. The molecule has 6 nitrogen and oxygen atoms in total. The van der Waals surface area contributed by atoms with E-state index in [0.717, 1.165) is 0 Å². The third kappa shape index (κ3) is 3.40. The van der Waals surface area contributed by atoms with Gasteiger partial charge in [-0.25, -0.2) is 0 Å².